The normalized spacial score (nSPS) is 29.7. The van der Waals surface area contributed by atoms with Gasteiger partial charge in [-0.05, 0) is 60.0 Å². The molecular formula is C16H31N3O3. The predicted molar refractivity (Wildman–Crippen MR) is 86.0 cm³/mol. The lowest BCUT2D eigenvalue weighted by Crippen LogP contribution is -2.68. The summed E-state index contributed by atoms with van der Waals surface area (Å²) in [6.45, 7) is 10.4. The van der Waals surface area contributed by atoms with Crippen molar-refractivity contribution < 1.29 is 14.3 Å². The zero-order valence-electron chi connectivity index (χ0n) is 14.3. The Bertz CT molecular complexity index is 364. The van der Waals surface area contributed by atoms with E-state index in [2.05, 4.69) is 16.0 Å². The topological polar surface area (TPSA) is 71.6 Å². The molecule has 6 nitrogen and oxygen atoms in total. The van der Waals surface area contributed by atoms with Crippen LogP contribution in [0.25, 0.3) is 0 Å². The summed E-state index contributed by atoms with van der Waals surface area (Å²) < 4.78 is 11.1. The molecule has 22 heavy (non-hydrogen) atoms. The molecule has 0 aromatic rings. The number of ether oxygens (including phenoxy) is 2. The average Bonchev–Trinajstić information content (AvgIpc) is 2.43. The Morgan fingerprint density at radius 3 is 2.55 bits per heavy atom. The first-order chi connectivity index (χ1) is 10.4. The third-order valence-electron chi connectivity index (χ3n) is 4.17. The van der Waals surface area contributed by atoms with Gasteiger partial charge in [0.2, 0.25) is 0 Å². The Balaban J connectivity index is 1.85. The van der Waals surface area contributed by atoms with Crippen LogP contribution in [-0.4, -0.2) is 55.6 Å². The third-order valence-corrected chi connectivity index (χ3v) is 4.17. The van der Waals surface area contributed by atoms with Crippen LogP contribution in [0.1, 0.15) is 47.0 Å². The van der Waals surface area contributed by atoms with Crippen LogP contribution in [0.15, 0.2) is 0 Å². The summed E-state index contributed by atoms with van der Waals surface area (Å²) in [7, 11) is 0. The van der Waals surface area contributed by atoms with Crippen molar-refractivity contribution >= 4 is 6.09 Å². The van der Waals surface area contributed by atoms with Crippen LogP contribution in [0.3, 0.4) is 0 Å². The highest BCUT2D eigenvalue weighted by Gasteiger charge is 2.44. The molecular weight excluding hydrogens is 282 g/mol. The van der Waals surface area contributed by atoms with Gasteiger partial charge in [0.25, 0.3) is 0 Å². The van der Waals surface area contributed by atoms with Gasteiger partial charge in [0, 0.05) is 12.6 Å². The molecule has 1 amide bonds. The van der Waals surface area contributed by atoms with E-state index in [1.807, 2.05) is 27.7 Å². The Morgan fingerprint density at radius 1 is 1.27 bits per heavy atom. The van der Waals surface area contributed by atoms with Crippen molar-refractivity contribution in [1.82, 2.24) is 16.0 Å². The van der Waals surface area contributed by atoms with Crippen molar-refractivity contribution in [2.45, 2.75) is 76.8 Å². The molecule has 2 rings (SSSR count). The van der Waals surface area contributed by atoms with Crippen molar-refractivity contribution in [1.29, 1.82) is 0 Å². The van der Waals surface area contributed by atoms with Gasteiger partial charge in [-0.15, -0.1) is 0 Å². The predicted octanol–water partition coefficient (Wildman–Crippen LogP) is 1.40. The third kappa shape index (κ3) is 5.11. The molecule has 128 valence electrons. The van der Waals surface area contributed by atoms with E-state index in [9.17, 15) is 4.79 Å². The van der Waals surface area contributed by atoms with E-state index in [1.54, 1.807) is 0 Å². The molecule has 1 aliphatic carbocycles. The first kappa shape index (κ1) is 17.5. The lowest BCUT2D eigenvalue weighted by Gasteiger charge is -2.47. The summed E-state index contributed by atoms with van der Waals surface area (Å²) >= 11 is 0. The summed E-state index contributed by atoms with van der Waals surface area (Å²) in [5.41, 5.74) is -0.467. The van der Waals surface area contributed by atoms with E-state index in [0.29, 0.717) is 12.6 Å². The Labute approximate surface area is 133 Å². The SMILES string of the molecule is CCOC1CC(NC(=O)OC(C)(C)C)C1NC1CCNCC1. The zero-order valence-corrected chi connectivity index (χ0v) is 14.3. The van der Waals surface area contributed by atoms with Crippen molar-refractivity contribution in [2.24, 2.45) is 0 Å². The van der Waals surface area contributed by atoms with Gasteiger partial charge in [-0.2, -0.15) is 0 Å². The number of hydrogen-bond donors (Lipinski definition) is 3. The largest absolute Gasteiger partial charge is 0.444 e. The molecule has 1 saturated heterocycles. The van der Waals surface area contributed by atoms with Crippen LogP contribution in [0.5, 0.6) is 0 Å². The number of piperidine rings is 1. The van der Waals surface area contributed by atoms with E-state index in [1.165, 1.54) is 0 Å². The Hall–Kier alpha value is -0.850. The van der Waals surface area contributed by atoms with Crippen LogP contribution >= 0.6 is 0 Å². The molecule has 3 N–H and O–H groups in total. The molecule has 0 radical (unpaired) electrons. The number of carbonyl (C=O) groups excluding carboxylic acids is 1. The van der Waals surface area contributed by atoms with Crippen LogP contribution < -0.4 is 16.0 Å². The molecule has 0 aromatic carbocycles. The number of carbonyl (C=O) groups is 1. The highest BCUT2D eigenvalue weighted by atomic mass is 16.6. The Kier molecular flexibility index (Phi) is 6.06. The maximum Gasteiger partial charge on any atom is 0.407 e. The lowest BCUT2D eigenvalue weighted by molar-refractivity contribution is -0.0475. The number of rotatable bonds is 5. The van der Waals surface area contributed by atoms with E-state index >= 15 is 0 Å². The fourth-order valence-corrected chi connectivity index (χ4v) is 3.08. The first-order valence-corrected chi connectivity index (χ1v) is 8.47. The summed E-state index contributed by atoms with van der Waals surface area (Å²) in [6.07, 6.45) is 2.92. The minimum atomic E-state index is -0.467. The van der Waals surface area contributed by atoms with E-state index in [4.69, 9.17) is 9.47 Å². The lowest BCUT2D eigenvalue weighted by atomic mass is 9.81. The van der Waals surface area contributed by atoms with Gasteiger partial charge in [-0.3, -0.25) is 0 Å². The van der Waals surface area contributed by atoms with Gasteiger partial charge < -0.3 is 25.4 Å². The molecule has 1 saturated carbocycles. The van der Waals surface area contributed by atoms with E-state index < -0.39 is 5.60 Å². The van der Waals surface area contributed by atoms with E-state index in [-0.39, 0.29) is 24.3 Å². The molecule has 0 bridgehead atoms. The molecule has 1 aliphatic heterocycles. The second-order valence-electron chi connectivity index (χ2n) is 7.20. The van der Waals surface area contributed by atoms with Crippen molar-refractivity contribution in [3.8, 4) is 0 Å². The highest BCUT2D eigenvalue weighted by Crippen LogP contribution is 2.26. The zero-order chi connectivity index (χ0) is 16.2. The van der Waals surface area contributed by atoms with Gasteiger partial charge in [0.05, 0.1) is 18.2 Å². The first-order valence-electron chi connectivity index (χ1n) is 8.47. The van der Waals surface area contributed by atoms with Crippen LogP contribution in [-0.2, 0) is 9.47 Å². The molecule has 6 heteroatoms. The van der Waals surface area contributed by atoms with Gasteiger partial charge in [-0.1, -0.05) is 0 Å². The maximum absolute atomic E-state index is 12.0. The monoisotopic (exact) mass is 313 g/mol. The molecule has 3 unspecified atom stereocenters. The molecule has 2 fully saturated rings. The molecule has 0 aromatic heterocycles. The molecule has 3 atom stereocenters. The second kappa shape index (κ2) is 7.62. The van der Waals surface area contributed by atoms with Gasteiger partial charge in [0.15, 0.2) is 0 Å². The minimum Gasteiger partial charge on any atom is -0.444 e. The fraction of sp³-hybridized carbons (Fsp3) is 0.938. The number of alkyl carbamates (subject to hydrolysis) is 1. The fourth-order valence-electron chi connectivity index (χ4n) is 3.08. The second-order valence-corrected chi connectivity index (χ2v) is 7.20. The summed E-state index contributed by atoms with van der Waals surface area (Å²) in [4.78, 5) is 12.0. The summed E-state index contributed by atoms with van der Waals surface area (Å²) in [5.74, 6) is 0. The average molecular weight is 313 g/mol. The minimum absolute atomic E-state index is 0.0845. The van der Waals surface area contributed by atoms with Crippen LogP contribution in [0, 0.1) is 0 Å². The van der Waals surface area contributed by atoms with Gasteiger partial charge in [0.1, 0.15) is 5.60 Å². The maximum atomic E-state index is 12.0. The van der Waals surface area contributed by atoms with E-state index in [0.717, 1.165) is 32.4 Å². The van der Waals surface area contributed by atoms with Crippen molar-refractivity contribution in [3.63, 3.8) is 0 Å². The van der Waals surface area contributed by atoms with Crippen molar-refractivity contribution in [2.75, 3.05) is 19.7 Å². The van der Waals surface area contributed by atoms with Crippen molar-refractivity contribution in [3.05, 3.63) is 0 Å². The van der Waals surface area contributed by atoms with Gasteiger partial charge in [-0.25, -0.2) is 4.79 Å². The highest BCUT2D eigenvalue weighted by molar-refractivity contribution is 5.68. The standard InChI is InChI=1S/C16H31N3O3/c1-5-21-13-10-12(19-15(20)22-16(2,3)4)14(13)18-11-6-8-17-9-7-11/h11-14,17-18H,5-10H2,1-4H3,(H,19,20). The Morgan fingerprint density at radius 2 is 1.95 bits per heavy atom. The van der Waals surface area contributed by atoms with Crippen LogP contribution in [0.4, 0.5) is 4.79 Å². The van der Waals surface area contributed by atoms with Gasteiger partial charge >= 0.3 is 6.09 Å². The smallest absolute Gasteiger partial charge is 0.407 e. The van der Waals surface area contributed by atoms with Crippen LogP contribution in [0.2, 0.25) is 0 Å². The summed E-state index contributed by atoms with van der Waals surface area (Å²) in [5, 5.41) is 10.0. The molecule has 1 heterocycles. The molecule has 2 aliphatic rings. The number of hydrogen-bond acceptors (Lipinski definition) is 5. The number of nitrogens with one attached hydrogen (secondary N) is 3. The quantitative estimate of drug-likeness (QED) is 0.715. The summed E-state index contributed by atoms with van der Waals surface area (Å²) in [6, 6.07) is 0.759. The molecule has 0 spiro atoms. The number of amides is 1.